The van der Waals surface area contributed by atoms with Gasteiger partial charge in [0.05, 0.1) is 7.11 Å². The molecule has 1 N–H and O–H groups in total. The van der Waals surface area contributed by atoms with Crippen molar-refractivity contribution in [2.45, 2.75) is 26.3 Å². The van der Waals surface area contributed by atoms with Gasteiger partial charge in [0.25, 0.3) is 6.43 Å². The first-order chi connectivity index (χ1) is 8.67. The molecule has 18 heavy (non-hydrogen) atoms. The van der Waals surface area contributed by atoms with Gasteiger partial charge in [-0.25, -0.2) is 8.78 Å². The number of nitrogens with one attached hydrogen (secondary N) is 1. The summed E-state index contributed by atoms with van der Waals surface area (Å²) in [6, 6.07) is 5.34. The second kappa shape index (κ2) is 7.87. The van der Waals surface area contributed by atoms with Crippen LogP contribution >= 0.6 is 0 Å². The molecule has 0 bridgehead atoms. The molecular formula is C13H19F2NO2. The van der Waals surface area contributed by atoms with Gasteiger partial charge in [0, 0.05) is 6.54 Å². The van der Waals surface area contributed by atoms with Gasteiger partial charge in [-0.15, -0.1) is 0 Å². The van der Waals surface area contributed by atoms with Crippen molar-refractivity contribution in [2.24, 2.45) is 0 Å². The number of hydrogen-bond donors (Lipinski definition) is 1. The molecule has 0 heterocycles. The monoisotopic (exact) mass is 259 g/mol. The standard InChI is InChI=1S/C13H19F2NO2/c1-3-6-16-8-10-4-5-11(17-2)12(7-10)18-9-13(14)15/h4-5,7,13,16H,3,6,8-9H2,1-2H3. The molecule has 0 saturated carbocycles. The van der Waals surface area contributed by atoms with Gasteiger partial charge in [-0.3, -0.25) is 0 Å². The van der Waals surface area contributed by atoms with Crippen LogP contribution in [0.4, 0.5) is 8.78 Å². The zero-order valence-electron chi connectivity index (χ0n) is 10.7. The SMILES string of the molecule is CCCNCc1ccc(OC)c(OCC(F)F)c1. The fourth-order valence-corrected chi connectivity index (χ4v) is 1.51. The van der Waals surface area contributed by atoms with Gasteiger partial charge in [-0.2, -0.15) is 0 Å². The van der Waals surface area contributed by atoms with E-state index in [2.05, 4.69) is 12.2 Å². The number of alkyl halides is 2. The highest BCUT2D eigenvalue weighted by atomic mass is 19.3. The topological polar surface area (TPSA) is 30.5 Å². The van der Waals surface area contributed by atoms with Gasteiger partial charge in [-0.1, -0.05) is 13.0 Å². The van der Waals surface area contributed by atoms with Gasteiger partial charge in [0.2, 0.25) is 0 Å². The van der Waals surface area contributed by atoms with Crippen molar-refractivity contribution in [1.82, 2.24) is 5.32 Å². The summed E-state index contributed by atoms with van der Waals surface area (Å²) in [5, 5.41) is 3.24. The van der Waals surface area contributed by atoms with Crippen molar-refractivity contribution < 1.29 is 18.3 Å². The van der Waals surface area contributed by atoms with Crippen LogP contribution in [-0.4, -0.2) is 26.7 Å². The first-order valence-electron chi connectivity index (χ1n) is 5.96. The summed E-state index contributed by atoms with van der Waals surface area (Å²) < 4.78 is 34.4. The van der Waals surface area contributed by atoms with E-state index < -0.39 is 13.0 Å². The number of halogens is 2. The Hall–Kier alpha value is -1.36. The van der Waals surface area contributed by atoms with Crippen LogP contribution < -0.4 is 14.8 Å². The molecule has 0 aliphatic carbocycles. The molecular weight excluding hydrogens is 240 g/mol. The number of benzene rings is 1. The van der Waals surface area contributed by atoms with E-state index in [1.807, 2.05) is 6.07 Å². The fourth-order valence-electron chi connectivity index (χ4n) is 1.51. The van der Waals surface area contributed by atoms with Crippen LogP contribution in [0.3, 0.4) is 0 Å². The van der Waals surface area contributed by atoms with Crippen molar-refractivity contribution in [3.05, 3.63) is 23.8 Å². The van der Waals surface area contributed by atoms with Crippen LogP contribution in [0, 0.1) is 0 Å². The summed E-state index contributed by atoms with van der Waals surface area (Å²) in [7, 11) is 1.49. The number of hydrogen-bond acceptors (Lipinski definition) is 3. The average molecular weight is 259 g/mol. The molecule has 3 nitrogen and oxygen atoms in total. The maximum Gasteiger partial charge on any atom is 0.272 e. The Morgan fingerprint density at radius 1 is 1.28 bits per heavy atom. The van der Waals surface area contributed by atoms with Crippen molar-refractivity contribution in [3.63, 3.8) is 0 Å². The number of rotatable bonds is 8. The maximum atomic E-state index is 12.1. The fraction of sp³-hybridized carbons (Fsp3) is 0.538. The summed E-state index contributed by atoms with van der Waals surface area (Å²) in [5.74, 6) is 0.823. The molecule has 0 amide bonds. The van der Waals surface area contributed by atoms with Crippen LogP contribution in [0.25, 0.3) is 0 Å². The molecule has 0 fully saturated rings. The number of ether oxygens (including phenoxy) is 2. The lowest BCUT2D eigenvalue weighted by atomic mass is 10.2. The van der Waals surface area contributed by atoms with E-state index in [0.29, 0.717) is 18.0 Å². The minimum absolute atomic E-state index is 0.355. The third-order valence-electron chi connectivity index (χ3n) is 2.35. The van der Waals surface area contributed by atoms with E-state index in [1.54, 1.807) is 12.1 Å². The summed E-state index contributed by atoms with van der Waals surface area (Å²) in [6.45, 7) is 3.06. The molecule has 0 radical (unpaired) electrons. The van der Waals surface area contributed by atoms with E-state index in [4.69, 9.17) is 9.47 Å². The van der Waals surface area contributed by atoms with Crippen LogP contribution in [0.1, 0.15) is 18.9 Å². The van der Waals surface area contributed by atoms with Crippen molar-refractivity contribution in [2.75, 3.05) is 20.3 Å². The van der Waals surface area contributed by atoms with Gasteiger partial charge in [0.15, 0.2) is 11.5 Å². The van der Waals surface area contributed by atoms with Crippen LogP contribution in [0.5, 0.6) is 11.5 Å². The zero-order valence-corrected chi connectivity index (χ0v) is 10.7. The highest BCUT2D eigenvalue weighted by Crippen LogP contribution is 2.28. The molecule has 0 spiro atoms. The lowest BCUT2D eigenvalue weighted by Gasteiger charge is -2.12. The Morgan fingerprint density at radius 3 is 2.67 bits per heavy atom. The zero-order chi connectivity index (χ0) is 13.4. The van der Waals surface area contributed by atoms with Gasteiger partial charge in [-0.05, 0) is 30.7 Å². The normalized spacial score (nSPS) is 10.7. The Kier molecular flexibility index (Phi) is 6.43. The molecule has 0 aliphatic rings. The van der Waals surface area contributed by atoms with E-state index >= 15 is 0 Å². The Balaban J connectivity index is 2.68. The second-order valence-electron chi connectivity index (χ2n) is 3.86. The van der Waals surface area contributed by atoms with Crippen molar-refractivity contribution >= 4 is 0 Å². The lowest BCUT2D eigenvalue weighted by Crippen LogP contribution is -2.14. The molecule has 1 aromatic rings. The highest BCUT2D eigenvalue weighted by molar-refractivity contribution is 5.42. The first-order valence-corrected chi connectivity index (χ1v) is 5.96. The number of methoxy groups -OCH3 is 1. The Bertz CT molecular complexity index is 359. The molecule has 1 rings (SSSR count). The van der Waals surface area contributed by atoms with E-state index in [0.717, 1.165) is 18.5 Å². The molecule has 102 valence electrons. The van der Waals surface area contributed by atoms with Crippen LogP contribution in [0.2, 0.25) is 0 Å². The molecule has 0 unspecified atom stereocenters. The van der Waals surface area contributed by atoms with Gasteiger partial charge < -0.3 is 14.8 Å². The average Bonchev–Trinajstić information content (AvgIpc) is 2.37. The molecule has 0 aromatic heterocycles. The first kappa shape index (κ1) is 14.7. The minimum atomic E-state index is -2.49. The van der Waals surface area contributed by atoms with Crippen molar-refractivity contribution in [1.29, 1.82) is 0 Å². The third kappa shape index (κ3) is 4.87. The van der Waals surface area contributed by atoms with E-state index in [1.165, 1.54) is 7.11 Å². The highest BCUT2D eigenvalue weighted by Gasteiger charge is 2.09. The van der Waals surface area contributed by atoms with Gasteiger partial charge >= 0.3 is 0 Å². The molecule has 5 heteroatoms. The summed E-state index contributed by atoms with van der Waals surface area (Å²) >= 11 is 0. The minimum Gasteiger partial charge on any atom is -0.493 e. The Morgan fingerprint density at radius 2 is 2.06 bits per heavy atom. The smallest absolute Gasteiger partial charge is 0.272 e. The second-order valence-corrected chi connectivity index (χ2v) is 3.86. The molecule has 0 saturated heterocycles. The van der Waals surface area contributed by atoms with Crippen molar-refractivity contribution in [3.8, 4) is 11.5 Å². The summed E-state index contributed by atoms with van der Waals surface area (Å²) in [5.41, 5.74) is 0.980. The van der Waals surface area contributed by atoms with E-state index in [-0.39, 0.29) is 0 Å². The molecule has 1 aromatic carbocycles. The predicted molar refractivity (Wildman–Crippen MR) is 66.5 cm³/mol. The van der Waals surface area contributed by atoms with Gasteiger partial charge in [0.1, 0.15) is 6.61 Å². The molecule has 0 aliphatic heterocycles. The lowest BCUT2D eigenvalue weighted by molar-refractivity contribution is 0.0804. The quantitative estimate of drug-likeness (QED) is 0.728. The van der Waals surface area contributed by atoms with E-state index in [9.17, 15) is 8.78 Å². The predicted octanol–water partition coefficient (Wildman–Crippen LogP) is 2.84. The largest absolute Gasteiger partial charge is 0.493 e. The summed E-state index contributed by atoms with van der Waals surface area (Å²) in [6.07, 6.45) is -1.44. The van der Waals surface area contributed by atoms with Crippen LogP contribution in [0.15, 0.2) is 18.2 Å². The Labute approximate surface area is 106 Å². The molecule has 0 atom stereocenters. The third-order valence-corrected chi connectivity index (χ3v) is 2.35. The maximum absolute atomic E-state index is 12.1. The summed E-state index contributed by atoms with van der Waals surface area (Å²) in [4.78, 5) is 0. The van der Waals surface area contributed by atoms with Crippen LogP contribution in [-0.2, 0) is 6.54 Å².